The monoisotopic (exact) mass is 358 g/mol. The van der Waals surface area contributed by atoms with Crippen LogP contribution in [0.2, 0.25) is 0 Å². The van der Waals surface area contributed by atoms with Crippen molar-refractivity contribution in [1.29, 1.82) is 0 Å². The second kappa shape index (κ2) is 21.3. The maximum atomic E-state index is 2.50. The Kier molecular flexibility index (Phi) is 25.8. The molecule has 16 heavy (non-hydrogen) atoms. The van der Waals surface area contributed by atoms with Gasteiger partial charge >= 0.3 is 27.3 Å². The molecule has 0 rings (SSSR count). The van der Waals surface area contributed by atoms with E-state index < -0.39 is 0 Å². The molecule has 0 aliphatic carbocycles. The molecule has 0 saturated carbocycles. The zero-order chi connectivity index (χ0) is 12.5. The summed E-state index contributed by atoms with van der Waals surface area (Å²) in [7, 11) is 0. The van der Waals surface area contributed by atoms with Crippen molar-refractivity contribution in [1.82, 2.24) is 0 Å². The third-order valence-corrected chi connectivity index (χ3v) is 2.96. The molecule has 0 aliphatic heterocycles. The average molecular weight is 356 g/mol. The van der Waals surface area contributed by atoms with Crippen LogP contribution in [0.5, 0.6) is 0 Å². The Bertz CT molecular complexity index is 92.9. The molecular weight excluding hydrogens is 326 g/mol. The molecule has 0 atom stereocenters. The molecule has 0 aliphatic rings. The van der Waals surface area contributed by atoms with E-state index in [-0.39, 0.29) is 0 Å². The molecule has 0 nitrogen and oxygen atoms in total. The van der Waals surface area contributed by atoms with Gasteiger partial charge in [0.1, 0.15) is 0 Å². The van der Waals surface area contributed by atoms with Crippen LogP contribution in [-0.2, 0) is 0 Å². The fourth-order valence-electron chi connectivity index (χ4n) is 1.91. The molecule has 0 amide bonds. The fourth-order valence-corrected chi connectivity index (χ4v) is 1.91. The first-order chi connectivity index (χ1) is 7.91. The van der Waals surface area contributed by atoms with Crippen LogP contribution in [0.1, 0.15) is 90.9 Å². The van der Waals surface area contributed by atoms with E-state index in [4.69, 9.17) is 0 Å². The Balaban J connectivity index is 0. The van der Waals surface area contributed by atoms with Crippen LogP contribution in [0, 0.1) is 0 Å². The van der Waals surface area contributed by atoms with E-state index in [1.54, 1.807) is 0 Å². The van der Waals surface area contributed by atoms with Crippen LogP contribution in [0.3, 0.4) is 0 Å². The number of unbranched alkanes of at least 4 members (excludes halogenated alkanes) is 11. The van der Waals surface area contributed by atoms with Crippen molar-refractivity contribution in [3.05, 3.63) is 0 Å². The van der Waals surface area contributed by atoms with Gasteiger partial charge in [0.05, 0.1) is 0 Å². The molecule has 0 heterocycles. The summed E-state index contributed by atoms with van der Waals surface area (Å²) in [6.45, 7) is 4.57. The van der Waals surface area contributed by atoms with Crippen molar-refractivity contribution in [3.8, 4) is 0 Å². The normalized spacial score (nSPS) is 9.62. The van der Waals surface area contributed by atoms with E-state index >= 15 is 0 Å². The van der Waals surface area contributed by atoms with Crippen LogP contribution in [-0.4, -0.2) is 27.3 Å². The van der Waals surface area contributed by atoms with Gasteiger partial charge in [0.15, 0.2) is 0 Å². The Labute approximate surface area is 118 Å². The maximum absolute atomic E-state index is 2.50. The second-order valence-electron chi connectivity index (χ2n) is 4.54. The number of hydrogen-bond donors (Lipinski definition) is 0. The molecule has 0 N–H and O–H groups in total. The van der Waals surface area contributed by atoms with Crippen molar-refractivity contribution < 1.29 is 0 Å². The molecule has 0 spiro atoms. The van der Waals surface area contributed by atoms with E-state index in [9.17, 15) is 0 Å². The van der Waals surface area contributed by atoms with Gasteiger partial charge in [-0.3, -0.25) is 0 Å². The Morgan fingerprint density at radius 2 is 0.625 bits per heavy atom. The molecular formula is C14H30Se2. The first-order valence-electron chi connectivity index (χ1n) is 7.08. The predicted octanol–water partition coefficient (Wildman–Crippen LogP) is 4.95. The quantitative estimate of drug-likeness (QED) is 0.363. The molecule has 0 bridgehead atoms. The van der Waals surface area contributed by atoms with Gasteiger partial charge in [-0.15, -0.1) is 0 Å². The summed E-state index contributed by atoms with van der Waals surface area (Å²) in [4.78, 5) is 0. The van der Waals surface area contributed by atoms with E-state index in [1.807, 2.05) is 0 Å². The van der Waals surface area contributed by atoms with E-state index in [1.165, 1.54) is 77.0 Å². The fraction of sp³-hybridized carbons (Fsp3) is 1.00. The van der Waals surface area contributed by atoms with Gasteiger partial charge in [0.2, 0.25) is 0 Å². The summed E-state index contributed by atoms with van der Waals surface area (Å²) >= 11 is 5.00. The third kappa shape index (κ3) is 20.5. The van der Waals surface area contributed by atoms with Crippen LogP contribution >= 0.6 is 0 Å². The Morgan fingerprint density at radius 3 is 0.812 bits per heavy atom. The van der Waals surface area contributed by atoms with Gasteiger partial charge in [-0.25, -0.2) is 0 Å². The van der Waals surface area contributed by atoms with Gasteiger partial charge in [-0.1, -0.05) is 90.9 Å². The van der Waals surface area contributed by atoms with Crippen molar-refractivity contribution in [2.24, 2.45) is 0 Å². The van der Waals surface area contributed by atoms with Crippen LogP contribution in [0.25, 0.3) is 0 Å². The topological polar surface area (TPSA) is 0 Å². The Hall–Kier alpha value is 1.04. The van der Waals surface area contributed by atoms with Crippen molar-refractivity contribution in [2.75, 3.05) is 0 Å². The predicted molar refractivity (Wildman–Crippen MR) is 78.3 cm³/mol. The molecule has 0 aromatic carbocycles. The second-order valence-corrected chi connectivity index (χ2v) is 4.54. The zero-order valence-electron chi connectivity index (χ0n) is 11.3. The van der Waals surface area contributed by atoms with Gasteiger partial charge in [-0.05, 0) is 0 Å². The molecule has 2 heteroatoms. The van der Waals surface area contributed by atoms with Gasteiger partial charge in [-0.2, -0.15) is 0 Å². The zero-order valence-corrected chi connectivity index (χ0v) is 14.7. The van der Waals surface area contributed by atoms with Crippen molar-refractivity contribution >= 4 is 27.3 Å². The summed E-state index contributed by atoms with van der Waals surface area (Å²) in [5.41, 5.74) is 0. The molecule has 0 radical (unpaired) electrons. The minimum absolute atomic E-state index is 1.37. The van der Waals surface area contributed by atoms with Crippen LogP contribution in [0.4, 0.5) is 0 Å². The van der Waals surface area contributed by atoms with Crippen molar-refractivity contribution in [3.63, 3.8) is 0 Å². The van der Waals surface area contributed by atoms with Crippen LogP contribution < -0.4 is 0 Å². The van der Waals surface area contributed by atoms with E-state index in [0.29, 0.717) is 0 Å². The summed E-state index contributed by atoms with van der Waals surface area (Å²) < 4.78 is 0. The molecule has 0 aromatic heterocycles. The molecule has 98 valence electrons. The van der Waals surface area contributed by atoms with E-state index in [0.717, 1.165) is 0 Å². The average Bonchev–Trinajstić information content (AvgIpc) is 2.34. The van der Waals surface area contributed by atoms with Gasteiger partial charge in [0, 0.05) is 0 Å². The third-order valence-electron chi connectivity index (χ3n) is 2.96. The minimum atomic E-state index is 1.37. The standard InChI is InChI=1S/C14H30.Se2/c1-3-5-7-9-11-13-14-12-10-8-6-4-2;1-2/h3-14H2,1-2H3;. The number of rotatable bonds is 11. The Morgan fingerprint density at radius 1 is 0.438 bits per heavy atom. The van der Waals surface area contributed by atoms with Crippen molar-refractivity contribution in [2.45, 2.75) is 90.9 Å². The summed E-state index contributed by atoms with van der Waals surface area (Å²) in [5.74, 6) is 0. The van der Waals surface area contributed by atoms with Crippen LogP contribution in [0.15, 0.2) is 0 Å². The molecule has 0 fully saturated rings. The molecule has 0 unspecified atom stereocenters. The SMILES string of the molecule is CCCCCCCCCCCCCC.[Se]=[Se]. The number of hydrogen-bond acceptors (Lipinski definition) is 0. The van der Waals surface area contributed by atoms with Gasteiger partial charge < -0.3 is 0 Å². The summed E-state index contributed by atoms with van der Waals surface area (Å²) in [6.07, 6.45) is 17.4. The summed E-state index contributed by atoms with van der Waals surface area (Å²) in [5, 5.41) is 0. The first-order valence-corrected chi connectivity index (χ1v) is 11.4. The molecule has 0 saturated heterocycles. The first kappa shape index (κ1) is 19.4. The summed E-state index contributed by atoms with van der Waals surface area (Å²) in [6, 6.07) is 0. The van der Waals surface area contributed by atoms with E-state index in [2.05, 4.69) is 41.2 Å². The molecule has 0 aromatic rings. The van der Waals surface area contributed by atoms with Gasteiger partial charge in [0.25, 0.3) is 0 Å².